The van der Waals surface area contributed by atoms with Crippen molar-refractivity contribution < 1.29 is 9.53 Å². The number of carbonyl (C=O) groups excluding carboxylic acids is 1. The molecule has 104 valence electrons. The van der Waals surface area contributed by atoms with Crippen molar-refractivity contribution >= 4 is 11.8 Å². The molecule has 2 aromatic heterocycles. The van der Waals surface area contributed by atoms with Gasteiger partial charge in [0.05, 0.1) is 18.7 Å². The summed E-state index contributed by atoms with van der Waals surface area (Å²) in [6.45, 7) is 3.75. The Balaban J connectivity index is 2.21. The zero-order chi connectivity index (χ0) is 14.5. The Hall–Kier alpha value is -2.50. The summed E-state index contributed by atoms with van der Waals surface area (Å²) in [5, 5.41) is 3.17. The lowest BCUT2D eigenvalue weighted by molar-refractivity contribution is 0.0600. The lowest BCUT2D eigenvalue weighted by Gasteiger charge is -2.14. The number of hydrogen-bond donors (Lipinski definition) is 1. The molecule has 20 heavy (non-hydrogen) atoms. The van der Waals surface area contributed by atoms with Crippen molar-refractivity contribution in [2.75, 3.05) is 12.4 Å². The number of methoxy groups -OCH3 is 1. The highest BCUT2D eigenvalue weighted by molar-refractivity contribution is 5.90. The number of aromatic nitrogens is 3. The Morgan fingerprint density at radius 3 is 2.65 bits per heavy atom. The van der Waals surface area contributed by atoms with Gasteiger partial charge in [0.25, 0.3) is 0 Å². The van der Waals surface area contributed by atoms with Gasteiger partial charge in [0.1, 0.15) is 11.6 Å². The van der Waals surface area contributed by atoms with Crippen molar-refractivity contribution in [3.63, 3.8) is 0 Å². The fraction of sp³-hybridized carbons (Fsp3) is 0.286. The van der Waals surface area contributed by atoms with E-state index in [1.165, 1.54) is 7.11 Å². The van der Waals surface area contributed by atoms with E-state index in [1.807, 2.05) is 13.8 Å². The van der Waals surface area contributed by atoms with Crippen LogP contribution in [0.15, 0.2) is 30.6 Å². The maximum Gasteiger partial charge on any atom is 0.338 e. The lowest BCUT2D eigenvalue weighted by Crippen LogP contribution is -2.12. The van der Waals surface area contributed by atoms with Crippen LogP contribution in [0.25, 0.3) is 0 Å². The van der Waals surface area contributed by atoms with Crippen LogP contribution in [0.1, 0.15) is 34.8 Å². The Kier molecular flexibility index (Phi) is 4.24. The molecule has 0 aliphatic rings. The topological polar surface area (TPSA) is 77.0 Å². The number of ether oxygens (including phenoxy) is 1. The number of carbonyl (C=O) groups is 1. The summed E-state index contributed by atoms with van der Waals surface area (Å²) in [7, 11) is 1.35. The second-order valence-corrected chi connectivity index (χ2v) is 4.35. The Labute approximate surface area is 117 Å². The molecule has 0 aromatic carbocycles. The standard InChI is InChI=1S/C14H16N4O2/c1-9-7-11(14(19)20-3)8-12(17-9)18-10(2)13-15-5-4-6-16-13/h4-8,10H,1-3H3,(H,17,18). The normalized spacial score (nSPS) is 11.8. The molecule has 1 N–H and O–H groups in total. The Morgan fingerprint density at radius 2 is 2.00 bits per heavy atom. The first-order chi connectivity index (χ1) is 9.60. The van der Waals surface area contributed by atoms with Gasteiger partial charge in [0, 0.05) is 18.1 Å². The summed E-state index contributed by atoms with van der Waals surface area (Å²) in [4.78, 5) is 24.3. The van der Waals surface area contributed by atoms with E-state index in [0.29, 0.717) is 17.2 Å². The van der Waals surface area contributed by atoms with Gasteiger partial charge in [-0.3, -0.25) is 0 Å². The second-order valence-electron chi connectivity index (χ2n) is 4.35. The molecule has 0 fully saturated rings. The number of esters is 1. The quantitative estimate of drug-likeness (QED) is 0.859. The number of anilines is 1. The minimum Gasteiger partial charge on any atom is -0.465 e. The molecule has 0 spiro atoms. The van der Waals surface area contributed by atoms with Gasteiger partial charge in [-0.25, -0.2) is 19.7 Å². The molecular formula is C14H16N4O2. The van der Waals surface area contributed by atoms with E-state index < -0.39 is 0 Å². The molecule has 6 heteroatoms. The molecule has 1 atom stereocenters. The largest absolute Gasteiger partial charge is 0.465 e. The Bertz CT molecular complexity index is 601. The van der Waals surface area contributed by atoms with Crippen LogP contribution in [0.5, 0.6) is 0 Å². The third kappa shape index (κ3) is 3.28. The van der Waals surface area contributed by atoms with Crippen molar-refractivity contribution in [1.29, 1.82) is 0 Å². The molecule has 2 rings (SSSR count). The van der Waals surface area contributed by atoms with Crippen LogP contribution >= 0.6 is 0 Å². The predicted molar refractivity (Wildman–Crippen MR) is 74.4 cm³/mol. The van der Waals surface area contributed by atoms with Crippen molar-refractivity contribution in [3.05, 3.63) is 47.7 Å². The monoisotopic (exact) mass is 272 g/mol. The van der Waals surface area contributed by atoms with Crippen LogP contribution < -0.4 is 5.32 Å². The summed E-state index contributed by atoms with van der Waals surface area (Å²) < 4.78 is 4.72. The minimum atomic E-state index is -0.387. The fourth-order valence-corrected chi connectivity index (χ4v) is 1.80. The first-order valence-corrected chi connectivity index (χ1v) is 6.20. The summed E-state index contributed by atoms with van der Waals surface area (Å²) in [6.07, 6.45) is 3.37. The lowest BCUT2D eigenvalue weighted by atomic mass is 10.2. The number of pyridine rings is 1. The summed E-state index contributed by atoms with van der Waals surface area (Å²) in [6, 6.07) is 4.98. The molecule has 0 saturated heterocycles. The zero-order valence-corrected chi connectivity index (χ0v) is 11.6. The van der Waals surface area contributed by atoms with Crippen LogP contribution in [-0.4, -0.2) is 28.0 Å². The summed E-state index contributed by atoms with van der Waals surface area (Å²) in [5.74, 6) is 0.864. The number of hydrogen-bond acceptors (Lipinski definition) is 6. The smallest absolute Gasteiger partial charge is 0.338 e. The van der Waals surface area contributed by atoms with Crippen molar-refractivity contribution in [3.8, 4) is 0 Å². The van der Waals surface area contributed by atoms with E-state index in [1.54, 1.807) is 30.6 Å². The number of aryl methyl sites for hydroxylation is 1. The first kappa shape index (κ1) is 13.9. The van der Waals surface area contributed by atoms with Gasteiger partial charge in [-0.05, 0) is 32.0 Å². The third-order valence-electron chi connectivity index (χ3n) is 2.71. The van der Waals surface area contributed by atoms with E-state index >= 15 is 0 Å². The van der Waals surface area contributed by atoms with Gasteiger partial charge < -0.3 is 10.1 Å². The average Bonchev–Trinajstić information content (AvgIpc) is 2.46. The van der Waals surface area contributed by atoms with Crippen LogP contribution in [0.4, 0.5) is 5.82 Å². The average molecular weight is 272 g/mol. The van der Waals surface area contributed by atoms with E-state index in [-0.39, 0.29) is 12.0 Å². The van der Waals surface area contributed by atoms with Gasteiger partial charge in [-0.2, -0.15) is 0 Å². The zero-order valence-electron chi connectivity index (χ0n) is 11.6. The molecule has 0 aliphatic heterocycles. The number of nitrogens with one attached hydrogen (secondary N) is 1. The van der Waals surface area contributed by atoms with Gasteiger partial charge in [-0.15, -0.1) is 0 Å². The highest BCUT2D eigenvalue weighted by Gasteiger charge is 2.12. The van der Waals surface area contributed by atoms with Crippen molar-refractivity contribution in [1.82, 2.24) is 15.0 Å². The van der Waals surface area contributed by atoms with E-state index in [9.17, 15) is 4.79 Å². The number of nitrogens with zero attached hydrogens (tertiary/aromatic N) is 3. The SMILES string of the molecule is COC(=O)c1cc(C)nc(NC(C)c2ncccn2)c1. The van der Waals surface area contributed by atoms with Crippen LogP contribution in [0.3, 0.4) is 0 Å². The first-order valence-electron chi connectivity index (χ1n) is 6.20. The summed E-state index contributed by atoms with van der Waals surface area (Å²) >= 11 is 0. The van der Waals surface area contributed by atoms with E-state index in [0.717, 1.165) is 5.69 Å². The third-order valence-corrected chi connectivity index (χ3v) is 2.71. The van der Waals surface area contributed by atoms with Crippen molar-refractivity contribution in [2.24, 2.45) is 0 Å². The van der Waals surface area contributed by atoms with Gasteiger partial charge >= 0.3 is 5.97 Å². The molecule has 0 aliphatic carbocycles. The minimum absolute atomic E-state index is 0.115. The molecule has 0 bridgehead atoms. The predicted octanol–water partition coefficient (Wildman–Crippen LogP) is 2.14. The van der Waals surface area contributed by atoms with E-state index in [2.05, 4.69) is 20.3 Å². The van der Waals surface area contributed by atoms with Crippen LogP contribution in [-0.2, 0) is 4.74 Å². The molecule has 6 nitrogen and oxygen atoms in total. The molecule has 1 unspecified atom stereocenters. The van der Waals surface area contributed by atoms with Crippen molar-refractivity contribution in [2.45, 2.75) is 19.9 Å². The fourth-order valence-electron chi connectivity index (χ4n) is 1.80. The summed E-state index contributed by atoms with van der Waals surface area (Å²) in [5.41, 5.74) is 1.19. The molecule has 0 amide bonds. The Morgan fingerprint density at radius 1 is 1.30 bits per heavy atom. The molecule has 2 heterocycles. The van der Waals surface area contributed by atoms with Gasteiger partial charge in [0.2, 0.25) is 0 Å². The van der Waals surface area contributed by atoms with E-state index in [4.69, 9.17) is 4.74 Å². The molecule has 0 saturated carbocycles. The maximum atomic E-state index is 11.6. The highest BCUT2D eigenvalue weighted by Crippen LogP contribution is 2.17. The second kappa shape index (κ2) is 6.10. The highest BCUT2D eigenvalue weighted by atomic mass is 16.5. The molecule has 2 aromatic rings. The molecule has 0 radical (unpaired) electrons. The molecular weight excluding hydrogens is 256 g/mol. The maximum absolute atomic E-state index is 11.6. The van der Waals surface area contributed by atoms with Gasteiger partial charge in [0.15, 0.2) is 0 Å². The number of rotatable bonds is 4. The van der Waals surface area contributed by atoms with Crippen LogP contribution in [0, 0.1) is 6.92 Å². The van der Waals surface area contributed by atoms with Crippen LogP contribution in [0.2, 0.25) is 0 Å². The van der Waals surface area contributed by atoms with Gasteiger partial charge in [-0.1, -0.05) is 0 Å².